The first-order valence-electron chi connectivity index (χ1n) is 20.3. The third-order valence-corrected chi connectivity index (χ3v) is 15.4. The van der Waals surface area contributed by atoms with Gasteiger partial charge in [0.15, 0.2) is 5.78 Å². The lowest BCUT2D eigenvalue weighted by atomic mass is 9.85. The van der Waals surface area contributed by atoms with E-state index >= 15 is 0 Å². The number of para-hydroxylation sites is 2. The van der Waals surface area contributed by atoms with Crippen molar-refractivity contribution in [2.24, 2.45) is 17.8 Å². The van der Waals surface area contributed by atoms with Crippen molar-refractivity contribution in [1.82, 2.24) is 35.3 Å². The Labute approximate surface area is 354 Å². The number of ether oxygens (including phenoxy) is 1. The van der Waals surface area contributed by atoms with Crippen molar-refractivity contribution in [3.63, 3.8) is 0 Å². The number of rotatable bonds is 9. The second kappa shape index (κ2) is 16.6. The molecular formula is C43H43N7O7S3. The Bertz CT molecular complexity index is 2580. The zero-order valence-electron chi connectivity index (χ0n) is 32.5. The van der Waals surface area contributed by atoms with Gasteiger partial charge in [0.05, 0.1) is 33.1 Å². The quantitative estimate of drug-likeness (QED) is 0.146. The van der Waals surface area contributed by atoms with E-state index in [0.717, 1.165) is 23.3 Å². The summed E-state index contributed by atoms with van der Waals surface area (Å²) in [6.45, 7) is 0. The van der Waals surface area contributed by atoms with Gasteiger partial charge in [-0.2, -0.15) is 0 Å². The minimum Gasteiger partial charge on any atom is -0.473 e. The molecule has 3 amide bonds. The molecule has 0 saturated heterocycles. The Balaban J connectivity index is 1.03. The van der Waals surface area contributed by atoms with Gasteiger partial charge in [-0.05, 0) is 87.1 Å². The fourth-order valence-electron chi connectivity index (χ4n) is 8.29. The number of ketones is 1. The number of sulfonamides is 1. The van der Waals surface area contributed by atoms with E-state index in [1.165, 1.54) is 22.7 Å². The van der Waals surface area contributed by atoms with Crippen molar-refractivity contribution >= 4 is 67.2 Å². The molecule has 6 atom stereocenters. The highest BCUT2D eigenvalue weighted by molar-refractivity contribution is 7.91. The lowest BCUT2D eigenvalue weighted by Crippen LogP contribution is -2.54. The van der Waals surface area contributed by atoms with Gasteiger partial charge in [-0.25, -0.2) is 23.4 Å². The van der Waals surface area contributed by atoms with Crippen LogP contribution in [-0.2, 0) is 24.4 Å². The maximum atomic E-state index is 14.9. The van der Waals surface area contributed by atoms with E-state index in [4.69, 9.17) is 14.7 Å². The van der Waals surface area contributed by atoms with Crippen molar-refractivity contribution < 1.29 is 32.3 Å². The molecule has 4 aromatic heterocycles. The third-order valence-electron chi connectivity index (χ3n) is 11.8. The Morgan fingerprint density at radius 2 is 1.67 bits per heavy atom. The number of pyridine rings is 1. The smallest absolute Gasteiger partial charge is 0.271 e. The number of nitrogens with one attached hydrogen (secondary N) is 3. The Morgan fingerprint density at radius 1 is 0.883 bits per heavy atom. The SMILES string of the molecule is O=C(N[C@@H]1CCCCC/C=C\C2C[C@@]2(C(=O)NS(=O)(=O)C2CC2)NC(=O)[C@@H]2C[C@@H](Oc3nc4ccccc4nc3-c3cccs3)CC2C1=O)c1csc(-c2ccncc2)n1. The molecule has 60 heavy (non-hydrogen) atoms. The van der Waals surface area contributed by atoms with Gasteiger partial charge in [-0.1, -0.05) is 43.2 Å². The summed E-state index contributed by atoms with van der Waals surface area (Å²) < 4.78 is 34.8. The summed E-state index contributed by atoms with van der Waals surface area (Å²) in [5.74, 6) is -4.21. The second-order valence-corrected chi connectivity index (χ2v) is 19.7. The molecule has 4 aliphatic rings. The standard InChI is InChI=1S/C43H43N7O7S3/c51-37-29-21-27(57-40-36(35-13-8-20-58-35)45-31-10-6-7-11-32(31)47-40)22-30(29)38(52)49-43(42(54)50-60(55,56)28-14-15-28)23-26(43)9-4-2-1-3-5-12-33(37)46-39(53)34-24-59-41(48-34)25-16-18-44-19-17-25/h4,6-11,13,16-20,24,26-30,33H,1-3,5,12,14-15,21-23H2,(H,46,53)(H,49,52)(H,50,54)/b9-4-/t26?,27-,29?,30+,33+,43+/m0/s1. The number of fused-ring (bicyclic) bond motifs is 3. The average molecular weight is 866 g/mol. The first-order valence-corrected chi connectivity index (χ1v) is 23.6. The Morgan fingerprint density at radius 3 is 2.43 bits per heavy atom. The predicted octanol–water partition coefficient (Wildman–Crippen LogP) is 6.02. The fourth-order valence-corrected chi connectivity index (χ4v) is 11.2. The van der Waals surface area contributed by atoms with E-state index in [-0.39, 0.29) is 36.6 Å². The van der Waals surface area contributed by atoms with Crippen LogP contribution in [0.2, 0.25) is 0 Å². The minimum atomic E-state index is -3.90. The molecule has 17 heteroatoms. The van der Waals surface area contributed by atoms with Crippen molar-refractivity contribution in [3.05, 3.63) is 89.5 Å². The normalized spacial score (nSPS) is 26.4. The van der Waals surface area contributed by atoms with Crippen LogP contribution in [-0.4, -0.2) is 74.8 Å². The summed E-state index contributed by atoms with van der Waals surface area (Å²) in [6, 6.07) is 13.9. The predicted molar refractivity (Wildman–Crippen MR) is 226 cm³/mol. The molecule has 14 nitrogen and oxygen atoms in total. The highest BCUT2D eigenvalue weighted by Gasteiger charge is 2.62. The minimum absolute atomic E-state index is 0.0985. The highest BCUT2D eigenvalue weighted by atomic mass is 32.2. The van der Waals surface area contributed by atoms with Gasteiger partial charge in [-0.3, -0.25) is 28.9 Å². The number of carbonyl (C=O) groups excluding carboxylic acids is 4. The van der Waals surface area contributed by atoms with Crippen molar-refractivity contribution in [2.75, 3.05) is 0 Å². The van der Waals surface area contributed by atoms with Crippen LogP contribution >= 0.6 is 22.7 Å². The maximum Gasteiger partial charge on any atom is 0.271 e. The second-order valence-electron chi connectivity index (χ2n) is 16.0. The number of amides is 3. The number of aromatic nitrogens is 4. The Kier molecular flexibility index (Phi) is 11.1. The molecular weight excluding hydrogens is 823 g/mol. The lowest BCUT2D eigenvalue weighted by molar-refractivity contribution is -0.136. The molecule has 3 aliphatic carbocycles. The molecule has 0 spiro atoms. The van der Waals surface area contributed by atoms with Gasteiger partial charge in [-0.15, -0.1) is 22.7 Å². The first kappa shape index (κ1) is 40.0. The topological polar surface area (TPSA) is 199 Å². The van der Waals surface area contributed by atoms with Crippen LogP contribution in [0, 0.1) is 17.8 Å². The van der Waals surface area contributed by atoms with E-state index in [0.29, 0.717) is 53.8 Å². The van der Waals surface area contributed by atoms with Crippen LogP contribution in [0.5, 0.6) is 5.88 Å². The molecule has 3 fully saturated rings. The molecule has 2 unspecified atom stereocenters. The van der Waals surface area contributed by atoms with Crippen LogP contribution in [0.4, 0.5) is 0 Å². The lowest BCUT2D eigenvalue weighted by Gasteiger charge is -2.26. The van der Waals surface area contributed by atoms with Gasteiger partial charge >= 0.3 is 0 Å². The summed E-state index contributed by atoms with van der Waals surface area (Å²) >= 11 is 2.79. The monoisotopic (exact) mass is 865 g/mol. The molecule has 1 aromatic carbocycles. The maximum absolute atomic E-state index is 14.9. The number of thiophene rings is 1. The van der Waals surface area contributed by atoms with Crippen molar-refractivity contribution in [3.8, 4) is 27.0 Å². The molecule has 5 heterocycles. The average Bonchev–Trinajstić information content (AvgIpc) is 3.99. The van der Waals surface area contributed by atoms with Crippen LogP contribution < -0.4 is 20.1 Å². The molecule has 5 aromatic rings. The van der Waals surface area contributed by atoms with E-state index < -0.39 is 68.4 Å². The largest absolute Gasteiger partial charge is 0.473 e. The van der Waals surface area contributed by atoms with E-state index in [9.17, 15) is 27.6 Å². The summed E-state index contributed by atoms with van der Waals surface area (Å²) in [7, 11) is -3.90. The molecule has 310 valence electrons. The summed E-state index contributed by atoms with van der Waals surface area (Å²) in [4.78, 5) is 76.5. The number of Topliss-reactive ketones (excluding diaryl/α,β-unsaturated/α-hetero) is 1. The number of nitrogens with zero attached hydrogens (tertiary/aromatic N) is 4. The van der Waals surface area contributed by atoms with Crippen LogP contribution in [0.15, 0.2) is 83.8 Å². The molecule has 1 aliphatic heterocycles. The van der Waals surface area contributed by atoms with Crippen LogP contribution in [0.1, 0.15) is 74.7 Å². The molecule has 0 radical (unpaired) electrons. The summed E-state index contributed by atoms with van der Waals surface area (Å²) in [6.07, 6.45) is 11.1. The Hall–Kier alpha value is -5.39. The number of benzene rings is 1. The fraction of sp³-hybridized carbons (Fsp3) is 0.395. The van der Waals surface area contributed by atoms with E-state index in [1.807, 2.05) is 53.9 Å². The molecule has 3 N–H and O–H groups in total. The van der Waals surface area contributed by atoms with Crippen molar-refractivity contribution in [2.45, 2.75) is 87.1 Å². The van der Waals surface area contributed by atoms with E-state index in [2.05, 4.69) is 25.3 Å². The number of hydrogen-bond donors (Lipinski definition) is 3. The highest BCUT2D eigenvalue weighted by Crippen LogP contribution is 2.47. The van der Waals surface area contributed by atoms with Gasteiger partial charge in [0.2, 0.25) is 21.8 Å². The summed E-state index contributed by atoms with van der Waals surface area (Å²) in [5, 5.41) is 9.51. The van der Waals surface area contributed by atoms with Crippen LogP contribution in [0.25, 0.3) is 32.2 Å². The van der Waals surface area contributed by atoms with Gasteiger partial charge in [0, 0.05) is 35.2 Å². The number of thiazole rings is 1. The number of carbonyl (C=O) groups is 4. The summed E-state index contributed by atoms with van der Waals surface area (Å²) in [5.41, 5.74) is 1.33. The zero-order chi connectivity index (χ0) is 41.4. The van der Waals surface area contributed by atoms with Crippen molar-refractivity contribution in [1.29, 1.82) is 0 Å². The zero-order valence-corrected chi connectivity index (χ0v) is 34.9. The third kappa shape index (κ3) is 8.34. The number of hydrogen-bond acceptors (Lipinski definition) is 13. The molecule has 0 bridgehead atoms. The van der Waals surface area contributed by atoms with Gasteiger partial charge < -0.3 is 15.4 Å². The molecule has 3 saturated carbocycles. The molecule has 9 rings (SSSR count). The van der Waals surface area contributed by atoms with E-state index in [1.54, 1.807) is 29.9 Å². The first-order chi connectivity index (χ1) is 29.1. The van der Waals surface area contributed by atoms with Gasteiger partial charge in [0.25, 0.3) is 11.8 Å². The van der Waals surface area contributed by atoms with Crippen LogP contribution in [0.3, 0.4) is 0 Å². The van der Waals surface area contributed by atoms with Gasteiger partial charge in [0.1, 0.15) is 28.0 Å². The number of allylic oxidation sites excluding steroid dienone is 1.